The van der Waals surface area contributed by atoms with Crippen LogP contribution in [-0.2, 0) is 19.7 Å². The SMILES string of the molecule is CC(C)CCN[C@@H]1CS(=O)(=O)C[C@H]1S(=O)(=O)c1ccccc1. The van der Waals surface area contributed by atoms with E-state index in [1.807, 2.05) is 0 Å². The van der Waals surface area contributed by atoms with Gasteiger partial charge in [-0.15, -0.1) is 0 Å². The maximum absolute atomic E-state index is 12.7. The zero-order chi connectivity index (χ0) is 16.4. The molecular weight excluding hydrogens is 322 g/mol. The fraction of sp³-hybridized carbons (Fsp3) is 0.600. The Morgan fingerprint density at radius 1 is 1.18 bits per heavy atom. The number of rotatable bonds is 6. The Kier molecular flexibility index (Phi) is 5.29. The molecule has 0 aromatic heterocycles. The minimum atomic E-state index is -3.65. The predicted molar refractivity (Wildman–Crippen MR) is 87.3 cm³/mol. The van der Waals surface area contributed by atoms with Crippen LogP contribution in [0.3, 0.4) is 0 Å². The van der Waals surface area contributed by atoms with E-state index < -0.39 is 31.0 Å². The Hall–Kier alpha value is -0.920. The second-order valence-electron chi connectivity index (χ2n) is 6.22. The van der Waals surface area contributed by atoms with Gasteiger partial charge in [-0.25, -0.2) is 16.8 Å². The minimum Gasteiger partial charge on any atom is -0.312 e. The molecule has 1 aromatic carbocycles. The zero-order valence-corrected chi connectivity index (χ0v) is 14.5. The molecule has 5 nitrogen and oxygen atoms in total. The maximum Gasteiger partial charge on any atom is 0.183 e. The van der Waals surface area contributed by atoms with Crippen molar-refractivity contribution in [2.45, 2.75) is 36.5 Å². The van der Waals surface area contributed by atoms with E-state index in [0.29, 0.717) is 12.5 Å². The lowest BCUT2D eigenvalue weighted by atomic mass is 10.1. The van der Waals surface area contributed by atoms with Crippen molar-refractivity contribution in [1.82, 2.24) is 5.32 Å². The van der Waals surface area contributed by atoms with Crippen molar-refractivity contribution in [1.29, 1.82) is 0 Å². The van der Waals surface area contributed by atoms with Crippen molar-refractivity contribution in [2.75, 3.05) is 18.1 Å². The number of hydrogen-bond acceptors (Lipinski definition) is 5. The standard InChI is InChI=1S/C15H23NO4S2/c1-12(2)8-9-16-14-10-21(17,18)11-15(14)22(19,20)13-6-4-3-5-7-13/h3-7,12,14-16H,8-11H2,1-2H3/t14-,15-/m1/s1. The molecule has 2 rings (SSSR count). The highest BCUT2D eigenvalue weighted by Gasteiger charge is 2.45. The van der Waals surface area contributed by atoms with Gasteiger partial charge in [0.1, 0.15) is 0 Å². The predicted octanol–water partition coefficient (Wildman–Crippen LogP) is 1.26. The molecule has 0 bridgehead atoms. The average molecular weight is 345 g/mol. The van der Waals surface area contributed by atoms with E-state index in [1.54, 1.807) is 18.2 Å². The van der Waals surface area contributed by atoms with Gasteiger partial charge in [0.05, 0.1) is 21.7 Å². The summed E-state index contributed by atoms with van der Waals surface area (Å²) in [4.78, 5) is 0.188. The van der Waals surface area contributed by atoms with Crippen molar-refractivity contribution in [2.24, 2.45) is 5.92 Å². The molecule has 0 saturated carbocycles. The van der Waals surface area contributed by atoms with Crippen molar-refractivity contribution in [3.8, 4) is 0 Å². The summed E-state index contributed by atoms with van der Waals surface area (Å²) in [6.45, 7) is 4.77. The third-order valence-corrected chi connectivity index (χ3v) is 8.07. The molecule has 0 spiro atoms. The monoisotopic (exact) mass is 345 g/mol. The summed E-state index contributed by atoms with van der Waals surface area (Å²) < 4.78 is 49.3. The van der Waals surface area contributed by atoms with E-state index in [1.165, 1.54) is 12.1 Å². The van der Waals surface area contributed by atoms with Gasteiger partial charge in [-0.1, -0.05) is 32.0 Å². The van der Waals surface area contributed by atoms with Gasteiger partial charge >= 0.3 is 0 Å². The van der Waals surface area contributed by atoms with E-state index in [4.69, 9.17) is 0 Å². The first-order valence-electron chi connectivity index (χ1n) is 7.45. The Morgan fingerprint density at radius 3 is 2.41 bits per heavy atom. The number of benzene rings is 1. The van der Waals surface area contributed by atoms with Gasteiger partial charge in [-0.3, -0.25) is 0 Å². The Morgan fingerprint density at radius 2 is 1.82 bits per heavy atom. The highest BCUT2D eigenvalue weighted by Crippen LogP contribution is 2.25. The molecule has 1 fully saturated rings. The summed E-state index contributed by atoms with van der Waals surface area (Å²) in [5.41, 5.74) is 0. The molecule has 0 aliphatic carbocycles. The molecule has 22 heavy (non-hydrogen) atoms. The van der Waals surface area contributed by atoms with Crippen LogP contribution in [0.25, 0.3) is 0 Å². The van der Waals surface area contributed by atoms with Crippen LogP contribution in [0.4, 0.5) is 0 Å². The summed E-state index contributed by atoms with van der Waals surface area (Å²) >= 11 is 0. The number of nitrogens with one attached hydrogen (secondary N) is 1. The van der Waals surface area contributed by atoms with Crippen molar-refractivity contribution in [3.63, 3.8) is 0 Å². The Labute approximate surface area is 133 Å². The lowest BCUT2D eigenvalue weighted by Crippen LogP contribution is -2.43. The molecule has 2 atom stereocenters. The van der Waals surface area contributed by atoms with E-state index >= 15 is 0 Å². The summed E-state index contributed by atoms with van der Waals surface area (Å²) in [5, 5.41) is 2.23. The molecule has 1 saturated heterocycles. The highest BCUT2D eigenvalue weighted by atomic mass is 32.2. The molecule has 124 valence electrons. The Bertz CT molecular complexity index is 696. The molecule has 0 amide bonds. The van der Waals surface area contributed by atoms with Crippen molar-refractivity contribution in [3.05, 3.63) is 30.3 Å². The first-order valence-corrected chi connectivity index (χ1v) is 10.8. The van der Waals surface area contributed by atoms with E-state index in [0.717, 1.165) is 6.42 Å². The molecular formula is C15H23NO4S2. The van der Waals surface area contributed by atoms with Gasteiger partial charge < -0.3 is 5.32 Å². The molecule has 7 heteroatoms. The van der Waals surface area contributed by atoms with E-state index in [9.17, 15) is 16.8 Å². The average Bonchev–Trinajstić information content (AvgIpc) is 2.75. The second kappa shape index (κ2) is 6.68. The van der Waals surface area contributed by atoms with Crippen molar-refractivity contribution >= 4 is 19.7 Å². The van der Waals surface area contributed by atoms with Crippen molar-refractivity contribution < 1.29 is 16.8 Å². The molecule has 1 aromatic rings. The number of sulfone groups is 2. The normalized spacial score (nSPS) is 24.7. The van der Waals surface area contributed by atoms with Crippen LogP contribution < -0.4 is 5.32 Å². The van der Waals surface area contributed by atoms with Crippen LogP contribution in [0.5, 0.6) is 0 Å². The van der Waals surface area contributed by atoms with Crippen LogP contribution in [0.15, 0.2) is 35.2 Å². The largest absolute Gasteiger partial charge is 0.312 e. The zero-order valence-electron chi connectivity index (χ0n) is 12.9. The topological polar surface area (TPSA) is 80.3 Å². The fourth-order valence-electron chi connectivity index (χ4n) is 2.65. The maximum atomic E-state index is 12.7. The molecule has 1 aliphatic heterocycles. The van der Waals surface area contributed by atoms with Crippen LogP contribution in [-0.4, -0.2) is 46.2 Å². The first kappa shape index (κ1) is 17.4. The smallest absolute Gasteiger partial charge is 0.183 e. The molecule has 1 aliphatic rings. The van der Waals surface area contributed by atoms with E-state index in [2.05, 4.69) is 19.2 Å². The highest BCUT2D eigenvalue weighted by molar-refractivity contribution is 7.96. The number of hydrogen-bond donors (Lipinski definition) is 1. The lowest BCUT2D eigenvalue weighted by molar-refractivity contribution is 0.483. The summed E-state index contributed by atoms with van der Waals surface area (Å²) in [7, 11) is -6.98. The van der Waals surface area contributed by atoms with Crippen LogP contribution >= 0.6 is 0 Å². The van der Waals surface area contributed by atoms with Crippen LogP contribution in [0.2, 0.25) is 0 Å². The van der Waals surface area contributed by atoms with Crippen LogP contribution in [0, 0.1) is 5.92 Å². The van der Waals surface area contributed by atoms with Gasteiger partial charge in [0, 0.05) is 6.04 Å². The Balaban J connectivity index is 2.22. The minimum absolute atomic E-state index is 0.109. The molecule has 1 N–H and O–H groups in total. The molecule has 0 radical (unpaired) electrons. The van der Waals surface area contributed by atoms with Gasteiger partial charge in [-0.05, 0) is 31.0 Å². The van der Waals surface area contributed by atoms with Gasteiger partial charge in [0.15, 0.2) is 19.7 Å². The summed E-state index contributed by atoms with van der Waals surface area (Å²) in [5.74, 6) is 0.0699. The second-order valence-corrected chi connectivity index (χ2v) is 10.5. The van der Waals surface area contributed by atoms with Crippen LogP contribution in [0.1, 0.15) is 20.3 Å². The summed E-state index contributed by atoms with van der Waals surface area (Å²) in [6.07, 6.45) is 0.884. The van der Waals surface area contributed by atoms with Gasteiger partial charge in [-0.2, -0.15) is 0 Å². The molecule has 1 heterocycles. The fourth-order valence-corrected chi connectivity index (χ4v) is 7.39. The molecule has 0 unspecified atom stereocenters. The third kappa shape index (κ3) is 4.08. The third-order valence-electron chi connectivity index (χ3n) is 3.90. The summed E-state index contributed by atoms with van der Waals surface area (Å²) in [6, 6.07) is 7.54. The van der Waals surface area contributed by atoms with E-state index in [-0.39, 0.29) is 16.4 Å². The van der Waals surface area contributed by atoms with Gasteiger partial charge in [0.2, 0.25) is 0 Å². The van der Waals surface area contributed by atoms with Gasteiger partial charge in [0.25, 0.3) is 0 Å². The first-order chi connectivity index (χ1) is 10.2. The lowest BCUT2D eigenvalue weighted by Gasteiger charge is -2.20. The quantitative estimate of drug-likeness (QED) is 0.839.